The van der Waals surface area contributed by atoms with Crippen molar-refractivity contribution in [1.29, 1.82) is 0 Å². The SMILES string of the molecule is Cc1ccc([Se]C2C3C=CC=CC2CC3)cc1. The van der Waals surface area contributed by atoms with Crippen molar-refractivity contribution in [2.75, 3.05) is 0 Å². The van der Waals surface area contributed by atoms with Crippen LogP contribution < -0.4 is 4.46 Å². The topological polar surface area (TPSA) is 0 Å². The van der Waals surface area contributed by atoms with Crippen LogP contribution in [0.25, 0.3) is 0 Å². The van der Waals surface area contributed by atoms with Crippen LogP contribution >= 0.6 is 0 Å². The molecule has 3 rings (SSSR count). The average molecular weight is 289 g/mol. The van der Waals surface area contributed by atoms with Crippen molar-refractivity contribution in [1.82, 2.24) is 0 Å². The summed E-state index contributed by atoms with van der Waals surface area (Å²) in [6.45, 7) is 2.16. The molecule has 0 radical (unpaired) electrons. The van der Waals surface area contributed by atoms with Crippen LogP contribution in [0.3, 0.4) is 0 Å². The molecule has 2 unspecified atom stereocenters. The van der Waals surface area contributed by atoms with E-state index in [-0.39, 0.29) is 0 Å². The first-order valence-electron chi connectivity index (χ1n) is 6.41. The van der Waals surface area contributed by atoms with E-state index in [2.05, 4.69) is 55.5 Å². The van der Waals surface area contributed by atoms with Crippen molar-refractivity contribution in [3.8, 4) is 0 Å². The van der Waals surface area contributed by atoms with Gasteiger partial charge in [0, 0.05) is 0 Å². The van der Waals surface area contributed by atoms with E-state index in [1.54, 1.807) is 4.46 Å². The van der Waals surface area contributed by atoms with Crippen LogP contribution in [0.5, 0.6) is 0 Å². The van der Waals surface area contributed by atoms with Gasteiger partial charge in [-0.2, -0.15) is 0 Å². The van der Waals surface area contributed by atoms with Gasteiger partial charge in [-0.05, 0) is 0 Å². The molecule has 0 spiro atoms. The van der Waals surface area contributed by atoms with Gasteiger partial charge in [-0.15, -0.1) is 0 Å². The molecule has 2 bridgehead atoms. The molecule has 0 aliphatic heterocycles. The third-order valence-electron chi connectivity index (χ3n) is 3.80. The van der Waals surface area contributed by atoms with Crippen molar-refractivity contribution in [2.24, 2.45) is 11.8 Å². The van der Waals surface area contributed by atoms with E-state index in [1.807, 2.05) is 0 Å². The maximum atomic E-state index is 2.43. The summed E-state index contributed by atoms with van der Waals surface area (Å²) >= 11 is 0.624. The van der Waals surface area contributed by atoms with Gasteiger partial charge in [0.1, 0.15) is 0 Å². The summed E-state index contributed by atoms with van der Waals surface area (Å²) in [4.78, 5) is 0.889. The molecular formula is C16H18Se. The van der Waals surface area contributed by atoms with Crippen LogP contribution in [0.2, 0.25) is 4.82 Å². The quantitative estimate of drug-likeness (QED) is 0.733. The Bertz CT molecular complexity index is 421. The Labute approximate surface area is 110 Å². The van der Waals surface area contributed by atoms with E-state index in [1.165, 1.54) is 18.4 Å². The van der Waals surface area contributed by atoms with Crippen LogP contribution in [0, 0.1) is 18.8 Å². The molecule has 0 heterocycles. The Balaban J connectivity index is 1.79. The van der Waals surface area contributed by atoms with E-state index in [0.29, 0.717) is 15.0 Å². The third kappa shape index (κ3) is 2.41. The first-order chi connectivity index (χ1) is 8.33. The summed E-state index contributed by atoms with van der Waals surface area (Å²) < 4.78 is 1.56. The fourth-order valence-electron chi connectivity index (χ4n) is 2.80. The molecule has 2 aliphatic rings. The molecule has 1 aromatic carbocycles. The van der Waals surface area contributed by atoms with Crippen molar-refractivity contribution in [2.45, 2.75) is 24.6 Å². The number of rotatable bonds is 2. The van der Waals surface area contributed by atoms with Crippen molar-refractivity contribution >= 4 is 19.4 Å². The Morgan fingerprint density at radius 3 is 2.12 bits per heavy atom. The fraction of sp³-hybridized carbons (Fsp3) is 0.375. The van der Waals surface area contributed by atoms with Crippen LogP contribution in [-0.4, -0.2) is 15.0 Å². The number of aryl methyl sites for hydroxylation is 1. The normalized spacial score (nSPS) is 30.5. The van der Waals surface area contributed by atoms with Gasteiger partial charge >= 0.3 is 110 Å². The maximum absolute atomic E-state index is 2.43. The van der Waals surface area contributed by atoms with E-state index in [0.717, 1.165) is 16.7 Å². The second-order valence-electron chi connectivity index (χ2n) is 5.07. The molecular weight excluding hydrogens is 271 g/mol. The molecule has 0 aromatic heterocycles. The minimum absolute atomic E-state index is 0.624. The number of fused-ring (bicyclic) bond motifs is 2. The summed E-state index contributed by atoms with van der Waals surface area (Å²) in [6.07, 6.45) is 12.2. The van der Waals surface area contributed by atoms with E-state index in [4.69, 9.17) is 0 Å². The monoisotopic (exact) mass is 290 g/mol. The van der Waals surface area contributed by atoms with Gasteiger partial charge in [0.25, 0.3) is 0 Å². The molecule has 2 atom stereocenters. The van der Waals surface area contributed by atoms with Gasteiger partial charge < -0.3 is 0 Å². The van der Waals surface area contributed by atoms with Gasteiger partial charge in [0.05, 0.1) is 0 Å². The summed E-state index contributed by atoms with van der Waals surface area (Å²) in [7, 11) is 0. The molecule has 1 heteroatoms. The Morgan fingerprint density at radius 1 is 0.941 bits per heavy atom. The molecule has 88 valence electrons. The van der Waals surface area contributed by atoms with Crippen molar-refractivity contribution < 1.29 is 0 Å². The third-order valence-corrected chi connectivity index (χ3v) is 6.98. The van der Waals surface area contributed by atoms with Gasteiger partial charge in [-0.3, -0.25) is 0 Å². The number of hydrogen-bond donors (Lipinski definition) is 0. The second-order valence-corrected chi connectivity index (χ2v) is 7.70. The van der Waals surface area contributed by atoms with Crippen LogP contribution in [0.1, 0.15) is 18.4 Å². The Hall–Kier alpha value is -0.781. The van der Waals surface area contributed by atoms with Crippen molar-refractivity contribution in [3.63, 3.8) is 0 Å². The predicted molar refractivity (Wildman–Crippen MR) is 74.8 cm³/mol. The number of benzene rings is 1. The van der Waals surface area contributed by atoms with E-state index < -0.39 is 0 Å². The molecule has 0 amide bonds. The molecule has 1 fully saturated rings. The predicted octanol–water partition coefficient (Wildman–Crippen LogP) is 3.27. The molecule has 2 aliphatic carbocycles. The summed E-state index contributed by atoms with van der Waals surface area (Å²) in [5, 5.41) is 0. The Morgan fingerprint density at radius 2 is 1.53 bits per heavy atom. The zero-order chi connectivity index (χ0) is 11.7. The first kappa shape index (κ1) is 11.3. The van der Waals surface area contributed by atoms with Gasteiger partial charge in [-0.1, -0.05) is 0 Å². The molecule has 0 N–H and O–H groups in total. The molecule has 0 saturated heterocycles. The first-order valence-corrected chi connectivity index (χ1v) is 8.26. The van der Waals surface area contributed by atoms with Gasteiger partial charge in [0.15, 0.2) is 0 Å². The van der Waals surface area contributed by atoms with Gasteiger partial charge in [0.2, 0.25) is 0 Å². The van der Waals surface area contributed by atoms with E-state index >= 15 is 0 Å². The second kappa shape index (κ2) is 4.84. The van der Waals surface area contributed by atoms with Gasteiger partial charge in [-0.25, -0.2) is 0 Å². The molecule has 17 heavy (non-hydrogen) atoms. The summed E-state index contributed by atoms with van der Waals surface area (Å²) in [6, 6.07) is 9.16. The molecule has 1 aromatic rings. The molecule has 0 nitrogen and oxygen atoms in total. The van der Waals surface area contributed by atoms with Crippen LogP contribution in [0.4, 0.5) is 0 Å². The zero-order valence-electron chi connectivity index (χ0n) is 10.2. The fourth-order valence-corrected chi connectivity index (χ4v) is 5.76. The zero-order valence-corrected chi connectivity index (χ0v) is 11.9. The van der Waals surface area contributed by atoms with Crippen molar-refractivity contribution in [3.05, 3.63) is 54.1 Å². The van der Waals surface area contributed by atoms with Crippen LogP contribution in [0.15, 0.2) is 48.6 Å². The minimum atomic E-state index is 0.624. The van der Waals surface area contributed by atoms with E-state index in [9.17, 15) is 0 Å². The molecule has 1 saturated carbocycles. The standard InChI is InChI=1S/C16H18Se/c1-12-6-10-15(11-7-12)17-16-13-4-2-3-5-14(16)9-8-13/h2-7,10-11,13-14,16H,8-9H2,1H3. The summed E-state index contributed by atoms with van der Waals surface area (Å²) in [5.41, 5.74) is 1.37. The summed E-state index contributed by atoms with van der Waals surface area (Å²) in [5.74, 6) is 1.66. The number of hydrogen-bond acceptors (Lipinski definition) is 0. The van der Waals surface area contributed by atoms with Crippen LogP contribution in [-0.2, 0) is 0 Å². The Kier molecular flexibility index (Phi) is 3.22. The number of allylic oxidation sites excluding steroid dienone is 4. The average Bonchev–Trinajstić information content (AvgIpc) is 2.56.